The quantitative estimate of drug-likeness (QED) is 0.674. The first-order chi connectivity index (χ1) is 7.04. The van der Waals surface area contributed by atoms with Gasteiger partial charge in [0.15, 0.2) is 0 Å². The molecular weight excluding hydrogens is 184 g/mol. The fourth-order valence-corrected chi connectivity index (χ4v) is 3.88. The molecule has 0 spiro atoms. The van der Waals surface area contributed by atoms with Crippen molar-refractivity contribution < 1.29 is 4.79 Å². The van der Waals surface area contributed by atoms with Gasteiger partial charge >= 0.3 is 0 Å². The van der Waals surface area contributed by atoms with E-state index in [4.69, 9.17) is 0 Å². The largest absolute Gasteiger partial charge is 0.299 e. The molecule has 1 nitrogen and oxygen atoms in total. The molecule has 2 fully saturated rings. The van der Waals surface area contributed by atoms with Crippen LogP contribution in [0.25, 0.3) is 0 Å². The summed E-state index contributed by atoms with van der Waals surface area (Å²) in [7, 11) is 0. The third-order valence-electron chi connectivity index (χ3n) is 4.85. The predicted octanol–water partition coefficient (Wildman–Crippen LogP) is 3.82. The van der Waals surface area contributed by atoms with Crippen LogP contribution in [0, 0.1) is 23.2 Å². The average molecular weight is 208 g/mol. The number of carbonyl (C=O) groups excluding carboxylic acids is 1. The van der Waals surface area contributed by atoms with Gasteiger partial charge in [-0.05, 0) is 37.0 Å². The Kier molecular flexibility index (Phi) is 2.92. The van der Waals surface area contributed by atoms with Crippen LogP contribution in [-0.2, 0) is 4.79 Å². The molecule has 0 heterocycles. The van der Waals surface area contributed by atoms with Gasteiger partial charge in [0.2, 0.25) is 0 Å². The van der Waals surface area contributed by atoms with Crippen LogP contribution in [0.15, 0.2) is 0 Å². The van der Waals surface area contributed by atoms with Gasteiger partial charge < -0.3 is 0 Å². The number of hydrogen-bond donors (Lipinski definition) is 0. The van der Waals surface area contributed by atoms with E-state index in [1.54, 1.807) is 0 Å². The molecule has 2 aliphatic rings. The van der Waals surface area contributed by atoms with Gasteiger partial charge in [-0.1, -0.05) is 33.6 Å². The average Bonchev–Trinajstić information content (AvgIpc) is 2.54. The number of ketones is 1. The maximum Gasteiger partial charge on any atom is 0.138 e. The summed E-state index contributed by atoms with van der Waals surface area (Å²) in [5.41, 5.74) is 0.507. The van der Waals surface area contributed by atoms with Crippen molar-refractivity contribution in [2.24, 2.45) is 23.2 Å². The summed E-state index contributed by atoms with van der Waals surface area (Å²) in [5.74, 6) is 1.88. The first-order valence-electron chi connectivity index (χ1n) is 6.58. The zero-order chi connectivity index (χ0) is 11.1. The summed E-state index contributed by atoms with van der Waals surface area (Å²) in [6.45, 7) is 6.53. The molecule has 0 N–H and O–H groups in total. The van der Waals surface area contributed by atoms with Crippen molar-refractivity contribution in [3.8, 4) is 0 Å². The Labute approximate surface area is 93.6 Å². The summed E-state index contributed by atoms with van der Waals surface area (Å²) in [6.07, 6.45) is 7.86. The minimum absolute atomic E-state index is 0.235. The van der Waals surface area contributed by atoms with Crippen LogP contribution >= 0.6 is 0 Å². The zero-order valence-corrected chi connectivity index (χ0v) is 10.4. The Hall–Kier alpha value is -0.330. The summed E-state index contributed by atoms with van der Waals surface area (Å²) in [5, 5.41) is 0. The first-order valence-corrected chi connectivity index (χ1v) is 6.58. The lowest BCUT2D eigenvalue weighted by molar-refractivity contribution is -0.128. The smallest absolute Gasteiger partial charge is 0.138 e. The van der Waals surface area contributed by atoms with Crippen LogP contribution < -0.4 is 0 Å². The van der Waals surface area contributed by atoms with Crippen LogP contribution in [0.2, 0.25) is 0 Å². The molecule has 2 rings (SSSR count). The van der Waals surface area contributed by atoms with E-state index in [1.165, 1.54) is 32.1 Å². The van der Waals surface area contributed by atoms with E-state index in [0.29, 0.717) is 23.0 Å². The summed E-state index contributed by atoms with van der Waals surface area (Å²) < 4.78 is 0. The fourth-order valence-electron chi connectivity index (χ4n) is 3.88. The van der Waals surface area contributed by atoms with Gasteiger partial charge in [0.25, 0.3) is 0 Å². The maximum atomic E-state index is 12.1. The van der Waals surface area contributed by atoms with E-state index in [2.05, 4.69) is 20.8 Å². The molecule has 0 bridgehead atoms. The van der Waals surface area contributed by atoms with E-state index in [-0.39, 0.29) is 5.92 Å². The molecule has 0 saturated heterocycles. The van der Waals surface area contributed by atoms with E-state index in [0.717, 1.165) is 6.42 Å². The molecule has 0 aromatic heterocycles. The first kappa shape index (κ1) is 11.2. The number of rotatable bonds is 2. The van der Waals surface area contributed by atoms with Crippen molar-refractivity contribution in [2.75, 3.05) is 0 Å². The standard InChI is InChI=1S/C14H24O/c1-10(2)13(15)11-7-9-14(3)8-5-4-6-12(11)14/h10-12H,4-9H2,1-3H3. The number of fused-ring (bicyclic) bond motifs is 1. The molecule has 15 heavy (non-hydrogen) atoms. The predicted molar refractivity (Wildman–Crippen MR) is 62.6 cm³/mol. The fraction of sp³-hybridized carbons (Fsp3) is 0.929. The van der Waals surface area contributed by atoms with Gasteiger partial charge in [-0.3, -0.25) is 4.79 Å². The van der Waals surface area contributed by atoms with Crippen LogP contribution in [0.1, 0.15) is 59.3 Å². The van der Waals surface area contributed by atoms with Gasteiger partial charge in [0.1, 0.15) is 5.78 Å². The van der Waals surface area contributed by atoms with Crippen molar-refractivity contribution >= 4 is 5.78 Å². The van der Waals surface area contributed by atoms with Crippen molar-refractivity contribution in [1.82, 2.24) is 0 Å². The van der Waals surface area contributed by atoms with Gasteiger partial charge in [-0.25, -0.2) is 0 Å². The van der Waals surface area contributed by atoms with Crippen molar-refractivity contribution in [2.45, 2.75) is 59.3 Å². The molecule has 2 saturated carbocycles. The third-order valence-corrected chi connectivity index (χ3v) is 4.85. The second kappa shape index (κ2) is 3.92. The normalized spacial score (nSPS) is 40.5. The molecule has 3 atom stereocenters. The van der Waals surface area contributed by atoms with E-state index in [1.807, 2.05) is 0 Å². The lowest BCUT2D eigenvalue weighted by Gasteiger charge is -2.38. The van der Waals surface area contributed by atoms with Crippen LogP contribution in [0.3, 0.4) is 0 Å². The third kappa shape index (κ3) is 1.86. The van der Waals surface area contributed by atoms with Crippen molar-refractivity contribution in [3.63, 3.8) is 0 Å². The highest BCUT2D eigenvalue weighted by molar-refractivity contribution is 5.83. The molecule has 1 heteroatoms. The molecule has 0 radical (unpaired) electrons. The lowest BCUT2D eigenvalue weighted by atomic mass is 9.66. The van der Waals surface area contributed by atoms with E-state index in [9.17, 15) is 4.79 Å². The minimum Gasteiger partial charge on any atom is -0.299 e. The van der Waals surface area contributed by atoms with E-state index < -0.39 is 0 Å². The molecular formula is C14H24O. The molecule has 2 aliphatic carbocycles. The lowest BCUT2D eigenvalue weighted by Crippen LogP contribution is -2.33. The Morgan fingerprint density at radius 2 is 1.93 bits per heavy atom. The second-order valence-corrected chi connectivity index (χ2v) is 6.21. The highest BCUT2D eigenvalue weighted by atomic mass is 16.1. The Balaban J connectivity index is 2.13. The number of carbonyl (C=O) groups is 1. The summed E-state index contributed by atoms with van der Waals surface area (Å²) >= 11 is 0. The summed E-state index contributed by atoms with van der Waals surface area (Å²) in [4.78, 5) is 12.1. The number of hydrogen-bond acceptors (Lipinski definition) is 1. The Morgan fingerprint density at radius 3 is 2.60 bits per heavy atom. The topological polar surface area (TPSA) is 17.1 Å². The highest BCUT2D eigenvalue weighted by Gasteiger charge is 2.48. The van der Waals surface area contributed by atoms with Crippen LogP contribution in [-0.4, -0.2) is 5.78 Å². The van der Waals surface area contributed by atoms with Gasteiger partial charge in [0.05, 0.1) is 0 Å². The highest BCUT2D eigenvalue weighted by Crippen LogP contribution is 2.55. The molecule has 0 aliphatic heterocycles. The zero-order valence-electron chi connectivity index (χ0n) is 10.4. The Bertz CT molecular complexity index is 256. The van der Waals surface area contributed by atoms with Crippen LogP contribution in [0.5, 0.6) is 0 Å². The summed E-state index contributed by atoms with van der Waals surface area (Å²) in [6, 6.07) is 0. The van der Waals surface area contributed by atoms with E-state index >= 15 is 0 Å². The van der Waals surface area contributed by atoms with Gasteiger partial charge in [-0.2, -0.15) is 0 Å². The molecule has 3 unspecified atom stereocenters. The van der Waals surface area contributed by atoms with Gasteiger partial charge in [0, 0.05) is 11.8 Å². The maximum absolute atomic E-state index is 12.1. The molecule has 0 amide bonds. The van der Waals surface area contributed by atoms with Gasteiger partial charge in [-0.15, -0.1) is 0 Å². The number of Topliss-reactive ketones (excluding diaryl/α,β-unsaturated/α-hetero) is 1. The minimum atomic E-state index is 0.235. The monoisotopic (exact) mass is 208 g/mol. The molecule has 86 valence electrons. The van der Waals surface area contributed by atoms with Crippen LogP contribution in [0.4, 0.5) is 0 Å². The van der Waals surface area contributed by atoms with Crippen molar-refractivity contribution in [1.29, 1.82) is 0 Å². The Morgan fingerprint density at radius 1 is 1.20 bits per heavy atom. The SMILES string of the molecule is CC(C)C(=O)C1CCC2(C)CCCCC12. The molecule has 0 aromatic rings. The second-order valence-electron chi connectivity index (χ2n) is 6.21. The molecule has 0 aromatic carbocycles. The van der Waals surface area contributed by atoms with Crippen molar-refractivity contribution in [3.05, 3.63) is 0 Å².